The maximum Gasteiger partial charge on any atom is 0.255 e. The van der Waals surface area contributed by atoms with E-state index >= 15 is 0 Å². The highest BCUT2D eigenvalue weighted by Gasteiger charge is 2.24. The monoisotopic (exact) mass is 574 g/mol. The number of benzene rings is 2. The van der Waals surface area contributed by atoms with E-state index in [1.165, 1.54) is 23.0 Å². The first-order valence-corrected chi connectivity index (χ1v) is 13.5. The van der Waals surface area contributed by atoms with Crippen LogP contribution < -0.4 is 16.4 Å². The standard InChI is InChI=1S/C30H28ClFN6O3/c1-16-5-3-7-23(36-30(41)21-15-35-38(17(21)2)26-8-4-6-22(31)27(26)32)25-13-18(11-12-34-25)20-10-9-19(28(33)39)14-24(20)37-29(16)40/h4,6,8-16,23H,3,5,7H2,1-2H3,(H2,33,39)(H,36,41)(H,37,40)/t16-,23?/m0/s1. The molecule has 0 radical (unpaired) electrons. The van der Waals surface area contributed by atoms with Gasteiger partial charge in [-0.3, -0.25) is 19.4 Å². The van der Waals surface area contributed by atoms with E-state index < -0.39 is 23.7 Å². The molecule has 2 aromatic carbocycles. The van der Waals surface area contributed by atoms with Gasteiger partial charge in [0.1, 0.15) is 5.69 Å². The highest BCUT2D eigenvalue weighted by molar-refractivity contribution is 6.30. The van der Waals surface area contributed by atoms with Crippen molar-refractivity contribution in [2.24, 2.45) is 11.7 Å². The molecule has 9 nitrogen and oxygen atoms in total. The summed E-state index contributed by atoms with van der Waals surface area (Å²) in [5, 5.41) is 10.2. The number of nitrogens with zero attached hydrogens (tertiary/aromatic N) is 3. The number of nitrogens with two attached hydrogens (primary N) is 1. The van der Waals surface area contributed by atoms with Crippen molar-refractivity contribution < 1.29 is 18.8 Å². The molecule has 5 rings (SSSR count). The molecule has 11 heteroatoms. The van der Waals surface area contributed by atoms with E-state index in [1.54, 1.807) is 43.5 Å². The first kappa shape index (κ1) is 28.0. The molecule has 0 saturated carbocycles. The SMILES string of the molecule is Cc1c(C(=O)NC2CCC[C@H](C)C(=O)Nc3cc(C(N)=O)ccc3-c3ccnc2c3)cnn1-c1cccc(Cl)c1F. The van der Waals surface area contributed by atoms with Crippen molar-refractivity contribution in [2.75, 3.05) is 5.32 Å². The average molecular weight is 575 g/mol. The van der Waals surface area contributed by atoms with Crippen molar-refractivity contribution in [3.05, 3.63) is 94.3 Å². The maximum absolute atomic E-state index is 14.7. The Hall–Kier alpha value is -4.57. The lowest BCUT2D eigenvalue weighted by Gasteiger charge is -2.22. The third-order valence-electron chi connectivity index (χ3n) is 7.31. The highest BCUT2D eigenvalue weighted by Crippen LogP contribution is 2.33. The Bertz CT molecular complexity index is 1670. The number of hydrogen-bond donors (Lipinski definition) is 3. The molecule has 4 N–H and O–H groups in total. The van der Waals surface area contributed by atoms with E-state index in [-0.39, 0.29) is 33.7 Å². The topological polar surface area (TPSA) is 132 Å². The fourth-order valence-corrected chi connectivity index (χ4v) is 5.11. The van der Waals surface area contributed by atoms with E-state index in [0.717, 1.165) is 5.56 Å². The Kier molecular flexibility index (Phi) is 7.85. The van der Waals surface area contributed by atoms with E-state index in [9.17, 15) is 18.8 Å². The number of amides is 3. The fraction of sp³-hybridized carbons (Fsp3) is 0.233. The van der Waals surface area contributed by atoms with Crippen LogP contribution in [0.15, 0.2) is 60.9 Å². The van der Waals surface area contributed by atoms with Crippen molar-refractivity contribution in [1.82, 2.24) is 20.1 Å². The summed E-state index contributed by atoms with van der Waals surface area (Å²) in [7, 11) is 0. The lowest BCUT2D eigenvalue weighted by atomic mass is 9.94. The second kappa shape index (κ2) is 11.5. The van der Waals surface area contributed by atoms with Crippen LogP contribution in [0.25, 0.3) is 16.8 Å². The van der Waals surface area contributed by atoms with Crippen LogP contribution in [-0.4, -0.2) is 32.5 Å². The smallest absolute Gasteiger partial charge is 0.255 e. The first-order chi connectivity index (χ1) is 19.6. The van der Waals surface area contributed by atoms with Gasteiger partial charge in [-0.05, 0) is 61.7 Å². The van der Waals surface area contributed by atoms with E-state index in [4.69, 9.17) is 17.3 Å². The van der Waals surface area contributed by atoms with Gasteiger partial charge in [0, 0.05) is 28.9 Å². The number of hydrogen-bond acceptors (Lipinski definition) is 5. The van der Waals surface area contributed by atoms with Crippen LogP contribution in [0.4, 0.5) is 10.1 Å². The summed E-state index contributed by atoms with van der Waals surface area (Å²) < 4.78 is 16.0. The molecule has 0 fully saturated rings. The number of nitrogens with one attached hydrogen (secondary N) is 2. The highest BCUT2D eigenvalue weighted by atomic mass is 35.5. The molecule has 3 heterocycles. The minimum Gasteiger partial charge on any atom is -0.366 e. The Morgan fingerprint density at radius 3 is 2.76 bits per heavy atom. The number of fused-ring (bicyclic) bond motifs is 4. The Morgan fingerprint density at radius 2 is 1.98 bits per heavy atom. The summed E-state index contributed by atoms with van der Waals surface area (Å²) in [5.41, 5.74) is 9.15. The lowest BCUT2D eigenvalue weighted by molar-refractivity contribution is -0.119. The van der Waals surface area contributed by atoms with E-state index in [1.807, 2.05) is 13.0 Å². The summed E-state index contributed by atoms with van der Waals surface area (Å²) in [5.74, 6) is -2.13. The molecule has 0 aliphatic carbocycles. The minimum atomic E-state index is -0.631. The minimum absolute atomic E-state index is 0.0436. The van der Waals surface area contributed by atoms with Crippen molar-refractivity contribution >= 4 is 35.0 Å². The van der Waals surface area contributed by atoms with Gasteiger partial charge in [-0.2, -0.15) is 5.10 Å². The van der Waals surface area contributed by atoms with Gasteiger partial charge in [0.15, 0.2) is 5.82 Å². The summed E-state index contributed by atoms with van der Waals surface area (Å²) >= 11 is 5.95. The molecule has 1 unspecified atom stereocenters. The zero-order valence-electron chi connectivity index (χ0n) is 22.4. The first-order valence-electron chi connectivity index (χ1n) is 13.1. The predicted molar refractivity (Wildman–Crippen MR) is 153 cm³/mol. The molecule has 210 valence electrons. The lowest BCUT2D eigenvalue weighted by Crippen LogP contribution is -2.30. The number of pyridine rings is 1. The summed E-state index contributed by atoms with van der Waals surface area (Å²) in [6.07, 6.45) is 4.75. The molecule has 2 aromatic heterocycles. The quantitative estimate of drug-likeness (QED) is 0.302. The van der Waals surface area contributed by atoms with Gasteiger partial charge in [0.05, 0.1) is 34.2 Å². The average Bonchev–Trinajstić information content (AvgIpc) is 3.34. The Balaban J connectivity index is 1.50. The van der Waals surface area contributed by atoms with Crippen LogP contribution in [0.5, 0.6) is 0 Å². The van der Waals surface area contributed by atoms with Crippen LogP contribution in [0.1, 0.15) is 64.3 Å². The van der Waals surface area contributed by atoms with E-state index in [0.29, 0.717) is 41.9 Å². The summed E-state index contributed by atoms with van der Waals surface area (Å²) in [4.78, 5) is 42.9. The van der Waals surface area contributed by atoms with Crippen LogP contribution in [0.2, 0.25) is 5.02 Å². The van der Waals surface area contributed by atoms with Gasteiger partial charge in [-0.15, -0.1) is 0 Å². The number of carbonyl (C=O) groups is 3. The largest absolute Gasteiger partial charge is 0.366 e. The molecular formula is C30H28ClFN6O3. The number of anilines is 1. The molecule has 1 aliphatic heterocycles. The third kappa shape index (κ3) is 5.69. The zero-order chi connectivity index (χ0) is 29.3. The van der Waals surface area contributed by atoms with Gasteiger partial charge in [-0.1, -0.05) is 37.1 Å². The van der Waals surface area contributed by atoms with Gasteiger partial charge < -0.3 is 16.4 Å². The third-order valence-corrected chi connectivity index (χ3v) is 7.60. The zero-order valence-corrected chi connectivity index (χ0v) is 23.2. The molecule has 0 saturated heterocycles. The van der Waals surface area contributed by atoms with Crippen molar-refractivity contribution in [3.63, 3.8) is 0 Å². The second-order valence-corrected chi connectivity index (χ2v) is 10.5. The predicted octanol–water partition coefficient (Wildman–Crippen LogP) is 5.36. The van der Waals surface area contributed by atoms with Crippen molar-refractivity contribution in [3.8, 4) is 16.8 Å². The molecule has 2 atom stereocenters. The van der Waals surface area contributed by atoms with Gasteiger partial charge >= 0.3 is 0 Å². The number of rotatable bonds is 4. The van der Waals surface area contributed by atoms with Crippen LogP contribution >= 0.6 is 11.6 Å². The molecule has 4 aromatic rings. The Labute approximate surface area is 240 Å². The van der Waals surface area contributed by atoms with Crippen LogP contribution in [0, 0.1) is 18.7 Å². The fourth-order valence-electron chi connectivity index (χ4n) is 4.94. The normalized spacial score (nSPS) is 17.0. The maximum atomic E-state index is 14.7. The van der Waals surface area contributed by atoms with Gasteiger partial charge in [0.2, 0.25) is 11.8 Å². The molecular weight excluding hydrogens is 547 g/mol. The number of primary amides is 1. The Morgan fingerprint density at radius 1 is 1.17 bits per heavy atom. The molecule has 0 spiro atoms. The van der Waals surface area contributed by atoms with Crippen molar-refractivity contribution in [1.29, 1.82) is 0 Å². The van der Waals surface area contributed by atoms with E-state index in [2.05, 4.69) is 20.7 Å². The second-order valence-electron chi connectivity index (χ2n) is 10.1. The summed E-state index contributed by atoms with van der Waals surface area (Å²) in [6.45, 7) is 3.51. The number of halogens is 2. The number of carbonyl (C=O) groups excluding carboxylic acids is 3. The molecule has 41 heavy (non-hydrogen) atoms. The van der Waals surface area contributed by atoms with Gasteiger partial charge in [0.25, 0.3) is 5.91 Å². The number of aromatic nitrogens is 3. The molecule has 1 aliphatic rings. The molecule has 2 bridgehead atoms. The van der Waals surface area contributed by atoms with Crippen LogP contribution in [0.3, 0.4) is 0 Å². The van der Waals surface area contributed by atoms with Gasteiger partial charge in [-0.25, -0.2) is 9.07 Å². The van der Waals surface area contributed by atoms with Crippen LogP contribution in [-0.2, 0) is 4.79 Å². The molecule has 3 amide bonds. The van der Waals surface area contributed by atoms with Crippen molar-refractivity contribution in [2.45, 2.75) is 39.2 Å². The summed E-state index contributed by atoms with van der Waals surface area (Å²) in [6, 6.07) is 12.6.